The minimum Gasteiger partial charge on any atom is -0.478 e. The first kappa shape index (κ1) is 34.8. The Labute approximate surface area is 260 Å². The highest BCUT2D eigenvalue weighted by molar-refractivity contribution is 5.95. The maximum atomic E-state index is 12.9. The van der Waals surface area contributed by atoms with Crippen LogP contribution in [-0.2, 0) is 23.8 Å². The molecule has 1 saturated heterocycles. The summed E-state index contributed by atoms with van der Waals surface area (Å²) in [5.74, 6) is -5.52. The molecule has 0 amide bonds. The summed E-state index contributed by atoms with van der Waals surface area (Å²) in [4.78, 5) is 49.6. The molecule has 240 valence electrons. The molecular formula is C33H37FN2O9. The summed E-state index contributed by atoms with van der Waals surface area (Å²) in [5, 5.41) is 18.6. The fourth-order valence-electron chi connectivity index (χ4n) is 4.61. The number of nitrogens with zero attached hydrogens (tertiary/aromatic N) is 1. The number of hydrogen-bond donors (Lipinski definition) is 3. The van der Waals surface area contributed by atoms with E-state index in [-0.39, 0.29) is 23.0 Å². The van der Waals surface area contributed by atoms with Gasteiger partial charge in [0.25, 0.3) is 0 Å². The van der Waals surface area contributed by atoms with Crippen molar-refractivity contribution in [3.63, 3.8) is 0 Å². The van der Waals surface area contributed by atoms with Crippen LogP contribution >= 0.6 is 0 Å². The van der Waals surface area contributed by atoms with E-state index in [4.69, 9.17) is 19.9 Å². The Morgan fingerprint density at radius 1 is 0.800 bits per heavy atom. The molecule has 4 atom stereocenters. The van der Waals surface area contributed by atoms with Crippen LogP contribution in [0.2, 0.25) is 0 Å². The molecule has 1 aliphatic rings. The van der Waals surface area contributed by atoms with Crippen molar-refractivity contribution < 1.29 is 48.0 Å². The van der Waals surface area contributed by atoms with Gasteiger partial charge in [0.2, 0.25) is 12.2 Å². The number of carbonyl (C=O) groups is 4. The van der Waals surface area contributed by atoms with Gasteiger partial charge in [-0.25, -0.2) is 23.6 Å². The van der Waals surface area contributed by atoms with Crippen molar-refractivity contribution in [3.8, 4) is 0 Å². The third kappa shape index (κ3) is 10.2. The number of aryl methyl sites for hydroxylation is 2. The van der Waals surface area contributed by atoms with E-state index in [0.29, 0.717) is 5.92 Å². The number of methoxy groups -OCH3 is 1. The number of halogens is 1. The summed E-state index contributed by atoms with van der Waals surface area (Å²) in [6.45, 7) is 7.02. The first-order chi connectivity index (χ1) is 21.4. The average molecular weight is 625 g/mol. The summed E-state index contributed by atoms with van der Waals surface area (Å²) in [6.07, 6.45) is -4.44. The largest absolute Gasteiger partial charge is 0.478 e. The molecule has 2 unspecified atom stereocenters. The van der Waals surface area contributed by atoms with Crippen LogP contribution in [0, 0.1) is 19.7 Å². The second-order valence-electron chi connectivity index (χ2n) is 10.6. The van der Waals surface area contributed by atoms with Crippen LogP contribution in [0.15, 0.2) is 72.8 Å². The zero-order valence-corrected chi connectivity index (χ0v) is 25.2. The number of nitrogens with two attached hydrogens (primary N) is 1. The van der Waals surface area contributed by atoms with Crippen molar-refractivity contribution in [2.45, 2.75) is 38.0 Å². The first-order valence-electron chi connectivity index (χ1n) is 14.1. The van der Waals surface area contributed by atoms with E-state index in [1.807, 2.05) is 12.1 Å². The quantitative estimate of drug-likeness (QED) is 0.268. The molecule has 0 aromatic heterocycles. The van der Waals surface area contributed by atoms with Crippen LogP contribution in [0.3, 0.4) is 0 Å². The van der Waals surface area contributed by atoms with Gasteiger partial charge < -0.3 is 30.2 Å². The highest BCUT2D eigenvalue weighted by Gasteiger charge is 2.41. The van der Waals surface area contributed by atoms with Crippen LogP contribution in [0.4, 0.5) is 4.39 Å². The molecule has 0 aliphatic carbocycles. The van der Waals surface area contributed by atoms with Crippen molar-refractivity contribution in [2.24, 2.45) is 5.73 Å². The van der Waals surface area contributed by atoms with E-state index in [0.717, 1.165) is 42.9 Å². The van der Waals surface area contributed by atoms with Gasteiger partial charge in [-0.05, 0) is 55.8 Å². The van der Waals surface area contributed by atoms with Crippen molar-refractivity contribution in [1.29, 1.82) is 0 Å². The molecular weight excluding hydrogens is 587 g/mol. The Balaban J connectivity index is 0.000000276. The van der Waals surface area contributed by atoms with E-state index in [1.54, 1.807) is 45.2 Å². The van der Waals surface area contributed by atoms with Crippen LogP contribution in [0.1, 0.15) is 43.3 Å². The average Bonchev–Trinajstić information content (AvgIpc) is 3.38. The smallest absolute Gasteiger partial charge is 0.349 e. The molecule has 12 heteroatoms. The lowest BCUT2D eigenvalue weighted by Gasteiger charge is -2.21. The highest BCUT2D eigenvalue weighted by atomic mass is 19.1. The number of carboxylic acids is 2. The van der Waals surface area contributed by atoms with Gasteiger partial charge >= 0.3 is 23.9 Å². The SMILES string of the molecule is COCCN1C[C@@H](N)[C@H](c2ccc(F)cc2)C1.Cc1ccc(C(=O)OC(C(=O)O)C(OC(=O)c2ccc(C)cc2)C(=O)O)cc1. The van der Waals surface area contributed by atoms with Gasteiger partial charge in [0.15, 0.2) is 0 Å². The summed E-state index contributed by atoms with van der Waals surface area (Å²) in [7, 11) is 1.70. The number of ether oxygens (including phenoxy) is 3. The molecule has 3 aromatic carbocycles. The molecule has 0 saturated carbocycles. The minimum atomic E-state index is -2.22. The number of likely N-dealkylation sites (tertiary alicyclic amines) is 1. The van der Waals surface area contributed by atoms with E-state index in [2.05, 4.69) is 4.90 Å². The fourth-order valence-corrected chi connectivity index (χ4v) is 4.61. The van der Waals surface area contributed by atoms with Crippen molar-refractivity contribution >= 4 is 23.9 Å². The molecule has 3 aromatic rings. The molecule has 45 heavy (non-hydrogen) atoms. The predicted molar refractivity (Wildman–Crippen MR) is 161 cm³/mol. The fraction of sp³-hybridized carbons (Fsp3) is 0.333. The lowest BCUT2D eigenvalue weighted by Crippen LogP contribution is -2.45. The third-order valence-electron chi connectivity index (χ3n) is 7.15. The Morgan fingerprint density at radius 2 is 1.24 bits per heavy atom. The van der Waals surface area contributed by atoms with Gasteiger partial charge in [-0.1, -0.05) is 47.5 Å². The van der Waals surface area contributed by atoms with E-state index in [1.165, 1.54) is 36.4 Å². The normalized spacial score (nSPS) is 17.4. The Hall–Kier alpha value is -4.65. The summed E-state index contributed by atoms with van der Waals surface area (Å²) >= 11 is 0. The topological polar surface area (TPSA) is 166 Å². The van der Waals surface area contributed by atoms with Gasteiger partial charge in [0.05, 0.1) is 17.7 Å². The van der Waals surface area contributed by atoms with Gasteiger partial charge in [0.1, 0.15) is 5.82 Å². The Morgan fingerprint density at radius 3 is 1.64 bits per heavy atom. The van der Waals surface area contributed by atoms with Crippen LogP contribution in [0.5, 0.6) is 0 Å². The van der Waals surface area contributed by atoms with Crippen molar-refractivity contribution in [1.82, 2.24) is 4.90 Å². The number of rotatable bonds is 11. The predicted octanol–water partition coefficient (Wildman–Crippen LogP) is 3.42. The van der Waals surface area contributed by atoms with Gasteiger partial charge in [-0.3, -0.25) is 4.90 Å². The summed E-state index contributed by atoms with van der Waals surface area (Å²) in [5.41, 5.74) is 9.05. The second-order valence-corrected chi connectivity index (χ2v) is 10.6. The molecule has 1 aliphatic heterocycles. The molecule has 11 nitrogen and oxygen atoms in total. The maximum absolute atomic E-state index is 12.9. The lowest BCUT2D eigenvalue weighted by molar-refractivity contribution is -0.166. The third-order valence-corrected chi connectivity index (χ3v) is 7.15. The first-order valence-corrected chi connectivity index (χ1v) is 14.1. The number of esters is 2. The van der Waals surface area contributed by atoms with Gasteiger partial charge in [0, 0.05) is 38.7 Å². The van der Waals surface area contributed by atoms with E-state index >= 15 is 0 Å². The number of benzene rings is 3. The zero-order valence-electron chi connectivity index (χ0n) is 25.2. The van der Waals surface area contributed by atoms with Crippen LogP contribution < -0.4 is 5.73 Å². The molecule has 0 radical (unpaired) electrons. The number of carbonyl (C=O) groups excluding carboxylic acids is 2. The van der Waals surface area contributed by atoms with Crippen LogP contribution in [-0.4, -0.2) is 90.6 Å². The lowest BCUT2D eigenvalue weighted by atomic mass is 9.95. The highest BCUT2D eigenvalue weighted by Crippen LogP contribution is 2.26. The summed E-state index contributed by atoms with van der Waals surface area (Å²) < 4.78 is 27.6. The summed E-state index contributed by atoms with van der Waals surface area (Å²) in [6, 6.07) is 18.9. The maximum Gasteiger partial charge on any atom is 0.349 e. The number of hydrogen-bond acceptors (Lipinski definition) is 9. The Kier molecular flexibility index (Phi) is 12.7. The molecule has 0 spiro atoms. The van der Waals surface area contributed by atoms with Crippen molar-refractivity contribution in [3.05, 3.63) is 106 Å². The van der Waals surface area contributed by atoms with Gasteiger partial charge in [-0.15, -0.1) is 0 Å². The zero-order chi connectivity index (χ0) is 33.1. The van der Waals surface area contributed by atoms with Crippen molar-refractivity contribution in [2.75, 3.05) is 33.4 Å². The molecule has 0 bridgehead atoms. The Bertz CT molecular complexity index is 1370. The minimum absolute atomic E-state index is 0.0332. The monoisotopic (exact) mass is 624 g/mol. The molecule has 4 rings (SSSR count). The molecule has 4 N–H and O–H groups in total. The molecule has 1 heterocycles. The van der Waals surface area contributed by atoms with Gasteiger partial charge in [-0.2, -0.15) is 0 Å². The second kappa shape index (κ2) is 16.4. The number of carboxylic acid groups (broad SMARTS) is 2. The van der Waals surface area contributed by atoms with E-state index in [9.17, 15) is 33.8 Å². The van der Waals surface area contributed by atoms with E-state index < -0.39 is 36.1 Å². The van der Waals surface area contributed by atoms with Crippen LogP contribution in [0.25, 0.3) is 0 Å². The number of aliphatic carboxylic acids is 2. The molecule has 1 fully saturated rings. The standard InChI is InChI=1S/C20H18O8.C13H19FN2O/c1-11-3-7-13(8-4-11)19(25)27-15(17(21)22)16(18(23)24)28-20(26)14-9-5-12(2)6-10-14;1-17-7-6-16-8-12(13(15)9-16)10-2-4-11(14)5-3-10/h3-10,15-16H,1-2H3,(H,21,22)(H,23,24);2-5,12-13H,6-9,15H2,1H3/t;12-,13+/m.0/s1.